The monoisotopic (exact) mass is 232 g/mol. The van der Waals surface area contributed by atoms with Gasteiger partial charge in [0.2, 0.25) is 0 Å². The molecular weight excluding hydrogens is 208 g/mol. The average Bonchev–Trinajstić information content (AvgIpc) is 2.12. The molecule has 0 aliphatic rings. The number of rotatable bonds is 6. The number of hydrogen-bond acceptors (Lipinski definition) is 3. The van der Waals surface area contributed by atoms with Gasteiger partial charge in [0.25, 0.3) is 0 Å². The van der Waals surface area contributed by atoms with Crippen molar-refractivity contribution in [1.82, 2.24) is 0 Å². The highest BCUT2D eigenvalue weighted by Gasteiger charge is 2.27. The van der Waals surface area contributed by atoms with Crippen LogP contribution in [-0.4, -0.2) is 30.0 Å². The van der Waals surface area contributed by atoms with Crippen LogP contribution in [0.4, 0.5) is 0 Å². The molecule has 0 amide bonds. The molecule has 2 atom stereocenters. The van der Waals surface area contributed by atoms with E-state index in [-0.39, 0.29) is 17.3 Å². The van der Waals surface area contributed by atoms with E-state index >= 15 is 0 Å². The van der Waals surface area contributed by atoms with Gasteiger partial charge in [-0.15, -0.1) is 0 Å². The van der Waals surface area contributed by atoms with Gasteiger partial charge in [-0.05, 0) is 5.75 Å². The molecule has 3 heteroatoms. The molecule has 0 spiro atoms. The van der Waals surface area contributed by atoms with Gasteiger partial charge in [0.15, 0.2) is 0 Å². The highest BCUT2D eigenvalue weighted by molar-refractivity contribution is 7.99. The second-order valence-electron chi connectivity index (χ2n) is 4.81. The Morgan fingerprint density at radius 1 is 1.40 bits per heavy atom. The van der Waals surface area contributed by atoms with Gasteiger partial charge >= 0.3 is 0 Å². The Balaban J connectivity index is 4.27. The standard InChI is InChI=1S/C12H24O2S/c1-7-15-9(2)10(14-6)8-11(13)12(3,4)5/h9-10H,7-8H2,1-6H3/t9-,10-/m1/s1. The summed E-state index contributed by atoms with van der Waals surface area (Å²) in [4.78, 5) is 11.9. The minimum atomic E-state index is -0.257. The molecule has 0 radical (unpaired) electrons. The molecular formula is C12H24O2S. The topological polar surface area (TPSA) is 26.3 Å². The van der Waals surface area contributed by atoms with Crippen molar-refractivity contribution in [3.05, 3.63) is 0 Å². The number of ether oxygens (including phenoxy) is 1. The molecule has 0 heterocycles. The first-order valence-electron chi connectivity index (χ1n) is 5.50. The zero-order chi connectivity index (χ0) is 12.1. The minimum absolute atomic E-state index is 0.0432. The van der Waals surface area contributed by atoms with E-state index in [0.717, 1.165) is 5.75 Å². The molecule has 0 aromatic rings. The maximum atomic E-state index is 11.9. The fraction of sp³-hybridized carbons (Fsp3) is 0.917. The normalized spacial score (nSPS) is 16.1. The Morgan fingerprint density at radius 3 is 2.27 bits per heavy atom. The second kappa shape index (κ2) is 6.54. The summed E-state index contributed by atoms with van der Waals surface area (Å²) in [6.07, 6.45) is 0.565. The van der Waals surface area contributed by atoms with E-state index in [2.05, 4.69) is 13.8 Å². The first-order valence-corrected chi connectivity index (χ1v) is 6.55. The molecule has 0 fully saturated rings. The van der Waals surface area contributed by atoms with Crippen LogP contribution in [0.15, 0.2) is 0 Å². The van der Waals surface area contributed by atoms with E-state index < -0.39 is 0 Å². The third kappa shape index (κ3) is 5.57. The van der Waals surface area contributed by atoms with Crippen LogP contribution in [0.5, 0.6) is 0 Å². The Morgan fingerprint density at radius 2 is 1.93 bits per heavy atom. The molecule has 0 aliphatic heterocycles. The summed E-state index contributed by atoms with van der Waals surface area (Å²) in [5, 5.41) is 0.381. The number of methoxy groups -OCH3 is 1. The molecule has 0 aromatic heterocycles. The lowest BCUT2D eigenvalue weighted by atomic mass is 9.87. The molecule has 0 aliphatic carbocycles. The number of Topliss-reactive ketones (excluding diaryl/α,β-unsaturated/α-hetero) is 1. The number of ketones is 1. The fourth-order valence-electron chi connectivity index (χ4n) is 1.30. The van der Waals surface area contributed by atoms with Crippen molar-refractivity contribution >= 4 is 17.5 Å². The van der Waals surface area contributed by atoms with Crippen LogP contribution < -0.4 is 0 Å². The summed E-state index contributed by atoms with van der Waals surface area (Å²) in [7, 11) is 1.69. The van der Waals surface area contributed by atoms with E-state index in [9.17, 15) is 4.79 Å². The maximum Gasteiger partial charge on any atom is 0.140 e. The number of carbonyl (C=O) groups is 1. The van der Waals surface area contributed by atoms with Crippen LogP contribution >= 0.6 is 11.8 Å². The SMILES string of the molecule is CCS[C@H](C)[C@@H](CC(=O)C(C)(C)C)OC. The van der Waals surface area contributed by atoms with Crippen LogP contribution in [-0.2, 0) is 9.53 Å². The van der Waals surface area contributed by atoms with Crippen molar-refractivity contribution in [3.8, 4) is 0 Å². The molecule has 2 nitrogen and oxygen atoms in total. The van der Waals surface area contributed by atoms with Crippen molar-refractivity contribution in [2.45, 2.75) is 52.4 Å². The van der Waals surface area contributed by atoms with Gasteiger partial charge in [0.05, 0.1) is 6.10 Å². The van der Waals surface area contributed by atoms with Gasteiger partial charge < -0.3 is 4.74 Å². The zero-order valence-electron chi connectivity index (χ0n) is 10.8. The molecule has 0 N–H and O–H groups in total. The number of carbonyl (C=O) groups excluding carboxylic acids is 1. The van der Waals surface area contributed by atoms with E-state index in [1.807, 2.05) is 32.5 Å². The Bertz CT molecular complexity index is 196. The first-order chi connectivity index (χ1) is 6.82. The summed E-state index contributed by atoms with van der Waals surface area (Å²) in [6.45, 7) is 10.1. The van der Waals surface area contributed by atoms with Gasteiger partial charge in [-0.3, -0.25) is 4.79 Å². The lowest BCUT2D eigenvalue weighted by Gasteiger charge is -2.25. The summed E-state index contributed by atoms with van der Waals surface area (Å²) < 4.78 is 5.39. The van der Waals surface area contributed by atoms with E-state index in [1.54, 1.807) is 7.11 Å². The summed E-state index contributed by atoms with van der Waals surface area (Å²) in [6, 6.07) is 0. The van der Waals surface area contributed by atoms with Gasteiger partial charge in [0.1, 0.15) is 5.78 Å². The summed E-state index contributed by atoms with van der Waals surface area (Å²) in [5.74, 6) is 1.34. The second-order valence-corrected chi connectivity index (χ2v) is 6.47. The third-order valence-electron chi connectivity index (χ3n) is 2.48. The van der Waals surface area contributed by atoms with Crippen LogP contribution in [0.3, 0.4) is 0 Å². The van der Waals surface area contributed by atoms with Crippen molar-refractivity contribution in [2.24, 2.45) is 5.41 Å². The Hall–Kier alpha value is -0.0200. The molecule has 0 saturated carbocycles. The first kappa shape index (κ1) is 15.0. The Kier molecular flexibility index (Phi) is 6.53. The van der Waals surface area contributed by atoms with Gasteiger partial charge in [-0.25, -0.2) is 0 Å². The molecule has 0 saturated heterocycles. The summed E-state index contributed by atoms with van der Waals surface area (Å²) >= 11 is 1.84. The van der Waals surface area contributed by atoms with Gasteiger partial charge in [0, 0.05) is 24.2 Å². The van der Waals surface area contributed by atoms with Crippen LogP contribution in [0.2, 0.25) is 0 Å². The van der Waals surface area contributed by atoms with Crippen molar-refractivity contribution in [2.75, 3.05) is 12.9 Å². The van der Waals surface area contributed by atoms with Gasteiger partial charge in [-0.2, -0.15) is 11.8 Å². The lowest BCUT2D eigenvalue weighted by Crippen LogP contribution is -2.31. The molecule has 15 heavy (non-hydrogen) atoms. The van der Waals surface area contributed by atoms with E-state index in [1.165, 1.54) is 0 Å². The lowest BCUT2D eigenvalue weighted by molar-refractivity contribution is -0.128. The van der Waals surface area contributed by atoms with Crippen molar-refractivity contribution in [3.63, 3.8) is 0 Å². The largest absolute Gasteiger partial charge is 0.380 e. The van der Waals surface area contributed by atoms with Crippen LogP contribution in [0, 0.1) is 5.41 Å². The van der Waals surface area contributed by atoms with Crippen LogP contribution in [0.25, 0.3) is 0 Å². The molecule has 0 bridgehead atoms. The van der Waals surface area contributed by atoms with E-state index in [4.69, 9.17) is 4.74 Å². The number of thioether (sulfide) groups is 1. The quantitative estimate of drug-likeness (QED) is 0.703. The summed E-state index contributed by atoms with van der Waals surface area (Å²) in [5.41, 5.74) is -0.257. The van der Waals surface area contributed by atoms with Crippen molar-refractivity contribution in [1.29, 1.82) is 0 Å². The maximum absolute atomic E-state index is 11.9. The zero-order valence-corrected chi connectivity index (χ0v) is 11.6. The van der Waals surface area contributed by atoms with Crippen LogP contribution in [0.1, 0.15) is 41.0 Å². The van der Waals surface area contributed by atoms with Crippen molar-refractivity contribution < 1.29 is 9.53 Å². The van der Waals surface area contributed by atoms with E-state index in [0.29, 0.717) is 11.7 Å². The average molecular weight is 232 g/mol. The third-order valence-corrected chi connectivity index (χ3v) is 3.64. The predicted molar refractivity (Wildman–Crippen MR) is 67.5 cm³/mol. The number of hydrogen-bond donors (Lipinski definition) is 0. The Labute approximate surface area is 98.2 Å². The highest BCUT2D eigenvalue weighted by Crippen LogP contribution is 2.23. The molecule has 90 valence electrons. The highest BCUT2D eigenvalue weighted by atomic mass is 32.2. The predicted octanol–water partition coefficient (Wildman–Crippen LogP) is 3.15. The molecule has 0 rings (SSSR count). The molecule has 0 aromatic carbocycles. The molecule has 0 unspecified atom stereocenters. The smallest absolute Gasteiger partial charge is 0.140 e. The fourth-order valence-corrected chi connectivity index (χ4v) is 2.25. The van der Waals surface area contributed by atoms with Gasteiger partial charge in [-0.1, -0.05) is 34.6 Å². The minimum Gasteiger partial charge on any atom is -0.380 e.